The smallest absolute Gasteiger partial charge is 0.224 e. The number of hydrogen-bond donors (Lipinski definition) is 2. The van der Waals surface area contributed by atoms with Crippen LogP contribution in [0.4, 0.5) is 0 Å². The van der Waals surface area contributed by atoms with E-state index in [9.17, 15) is 4.79 Å². The average molecular weight is 262 g/mol. The molecule has 0 saturated carbocycles. The Kier molecular flexibility index (Phi) is 6.57. The minimum atomic E-state index is -0.0854. The van der Waals surface area contributed by atoms with Crippen LogP contribution in [0.2, 0.25) is 0 Å². The number of nitrogens with two attached hydrogens (primary N) is 1. The van der Waals surface area contributed by atoms with Crippen LogP contribution in [0, 0.1) is 11.8 Å². The van der Waals surface area contributed by atoms with Gasteiger partial charge in [0.05, 0.1) is 12.0 Å². The summed E-state index contributed by atoms with van der Waals surface area (Å²) in [5.41, 5.74) is 6.87. The van der Waals surface area contributed by atoms with E-state index in [2.05, 4.69) is 26.1 Å². The predicted molar refractivity (Wildman–Crippen MR) is 79.6 cm³/mol. The molecule has 0 aliphatic rings. The van der Waals surface area contributed by atoms with Gasteiger partial charge in [-0.15, -0.1) is 0 Å². The largest absolute Gasteiger partial charge is 0.349 e. The van der Waals surface area contributed by atoms with Gasteiger partial charge in [-0.2, -0.15) is 0 Å². The second kappa shape index (κ2) is 7.95. The highest BCUT2D eigenvalue weighted by atomic mass is 16.1. The maximum atomic E-state index is 12.3. The van der Waals surface area contributed by atoms with Gasteiger partial charge in [0.15, 0.2) is 0 Å². The molecule has 1 rings (SSSR count). The molecule has 0 radical (unpaired) electrons. The van der Waals surface area contributed by atoms with E-state index in [1.54, 1.807) is 0 Å². The summed E-state index contributed by atoms with van der Waals surface area (Å²) in [6.45, 7) is 6.72. The van der Waals surface area contributed by atoms with Gasteiger partial charge in [-0.3, -0.25) is 4.79 Å². The first-order chi connectivity index (χ1) is 9.08. The molecule has 0 aliphatic carbocycles. The number of carbonyl (C=O) groups excluding carboxylic acids is 1. The lowest BCUT2D eigenvalue weighted by molar-refractivity contribution is -0.126. The first-order valence-electron chi connectivity index (χ1n) is 7.13. The molecule has 3 heteroatoms. The van der Waals surface area contributed by atoms with Crippen molar-refractivity contribution in [3.8, 4) is 0 Å². The quantitative estimate of drug-likeness (QED) is 0.794. The van der Waals surface area contributed by atoms with Gasteiger partial charge in [0, 0.05) is 6.54 Å². The second-order valence-electron chi connectivity index (χ2n) is 5.44. The zero-order chi connectivity index (χ0) is 14.3. The van der Waals surface area contributed by atoms with Gasteiger partial charge in [0.2, 0.25) is 5.91 Å². The minimum Gasteiger partial charge on any atom is -0.349 e. The fourth-order valence-electron chi connectivity index (χ4n) is 2.28. The highest BCUT2D eigenvalue weighted by Crippen LogP contribution is 2.18. The average Bonchev–Trinajstić information content (AvgIpc) is 2.42. The van der Waals surface area contributed by atoms with Crippen LogP contribution >= 0.6 is 0 Å². The van der Waals surface area contributed by atoms with E-state index in [1.807, 2.05) is 30.3 Å². The third kappa shape index (κ3) is 5.03. The standard InChI is InChI=1S/C16H26N2O/c1-4-15(13-8-6-5-7-9-13)18-16(19)14(11-17)10-12(2)3/h5-9,12,14-15H,4,10-11,17H2,1-3H3,(H,18,19). The molecule has 0 aliphatic heterocycles. The summed E-state index contributed by atoms with van der Waals surface area (Å²) in [5.74, 6) is 0.473. The van der Waals surface area contributed by atoms with Crippen LogP contribution in [0.15, 0.2) is 30.3 Å². The van der Waals surface area contributed by atoms with Crippen molar-refractivity contribution in [3.63, 3.8) is 0 Å². The molecule has 0 aromatic heterocycles. The zero-order valence-corrected chi connectivity index (χ0v) is 12.2. The number of rotatable bonds is 7. The van der Waals surface area contributed by atoms with Gasteiger partial charge >= 0.3 is 0 Å². The number of amides is 1. The van der Waals surface area contributed by atoms with Crippen LogP contribution in [0.5, 0.6) is 0 Å². The van der Waals surface area contributed by atoms with Gasteiger partial charge in [-0.25, -0.2) is 0 Å². The highest BCUT2D eigenvalue weighted by Gasteiger charge is 2.21. The van der Waals surface area contributed by atoms with Gasteiger partial charge in [0.1, 0.15) is 0 Å². The molecule has 3 N–H and O–H groups in total. The Bertz CT molecular complexity index is 376. The van der Waals surface area contributed by atoms with Crippen LogP contribution < -0.4 is 11.1 Å². The molecule has 1 aromatic carbocycles. The van der Waals surface area contributed by atoms with Crippen molar-refractivity contribution in [2.24, 2.45) is 17.6 Å². The molecular weight excluding hydrogens is 236 g/mol. The predicted octanol–water partition coefficient (Wildman–Crippen LogP) is 2.87. The first kappa shape index (κ1) is 15.7. The summed E-state index contributed by atoms with van der Waals surface area (Å²) in [6, 6.07) is 10.2. The first-order valence-corrected chi connectivity index (χ1v) is 7.13. The van der Waals surface area contributed by atoms with Crippen LogP contribution in [0.3, 0.4) is 0 Å². The van der Waals surface area contributed by atoms with Crippen molar-refractivity contribution in [3.05, 3.63) is 35.9 Å². The zero-order valence-electron chi connectivity index (χ0n) is 12.2. The molecule has 2 unspecified atom stereocenters. The molecule has 19 heavy (non-hydrogen) atoms. The number of hydrogen-bond acceptors (Lipinski definition) is 2. The minimum absolute atomic E-state index is 0.0758. The third-order valence-corrected chi connectivity index (χ3v) is 3.34. The number of benzene rings is 1. The van der Waals surface area contributed by atoms with E-state index in [0.717, 1.165) is 18.4 Å². The monoisotopic (exact) mass is 262 g/mol. The van der Waals surface area contributed by atoms with E-state index >= 15 is 0 Å². The van der Waals surface area contributed by atoms with E-state index in [0.29, 0.717) is 12.5 Å². The molecule has 106 valence electrons. The van der Waals surface area contributed by atoms with Crippen LogP contribution in [-0.2, 0) is 4.79 Å². The number of nitrogens with one attached hydrogen (secondary N) is 1. The van der Waals surface area contributed by atoms with Crippen molar-refractivity contribution >= 4 is 5.91 Å². The van der Waals surface area contributed by atoms with Crippen molar-refractivity contribution in [1.82, 2.24) is 5.32 Å². The summed E-state index contributed by atoms with van der Waals surface area (Å²) in [5, 5.41) is 3.12. The topological polar surface area (TPSA) is 55.1 Å². The fraction of sp³-hybridized carbons (Fsp3) is 0.562. The van der Waals surface area contributed by atoms with Crippen LogP contribution in [-0.4, -0.2) is 12.5 Å². The van der Waals surface area contributed by atoms with Crippen LogP contribution in [0.1, 0.15) is 45.2 Å². The summed E-state index contributed by atoms with van der Waals surface area (Å²) in [6.07, 6.45) is 1.72. The summed E-state index contributed by atoms with van der Waals surface area (Å²) in [4.78, 5) is 12.3. The molecule has 0 fully saturated rings. The van der Waals surface area contributed by atoms with Crippen LogP contribution in [0.25, 0.3) is 0 Å². The lowest BCUT2D eigenvalue weighted by Crippen LogP contribution is -2.37. The SMILES string of the molecule is CCC(NC(=O)C(CN)CC(C)C)c1ccccc1. The highest BCUT2D eigenvalue weighted by molar-refractivity contribution is 5.79. The van der Waals surface area contributed by atoms with E-state index < -0.39 is 0 Å². The Morgan fingerprint density at radius 3 is 2.37 bits per heavy atom. The van der Waals surface area contributed by atoms with Crippen molar-refractivity contribution in [2.45, 2.75) is 39.7 Å². The molecule has 0 saturated heterocycles. The van der Waals surface area contributed by atoms with Crippen molar-refractivity contribution in [2.75, 3.05) is 6.54 Å². The van der Waals surface area contributed by atoms with Gasteiger partial charge in [-0.05, 0) is 24.3 Å². The van der Waals surface area contributed by atoms with E-state index in [4.69, 9.17) is 5.73 Å². The summed E-state index contributed by atoms with van der Waals surface area (Å²) in [7, 11) is 0. The van der Waals surface area contributed by atoms with E-state index in [1.165, 1.54) is 0 Å². The molecular formula is C16H26N2O. The Morgan fingerprint density at radius 1 is 1.26 bits per heavy atom. The number of carbonyl (C=O) groups is 1. The third-order valence-electron chi connectivity index (χ3n) is 3.34. The molecule has 0 bridgehead atoms. The Hall–Kier alpha value is -1.35. The molecule has 0 heterocycles. The molecule has 1 amide bonds. The lowest BCUT2D eigenvalue weighted by atomic mass is 9.95. The normalized spacial score (nSPS) is 14.2. The Morgan fingerprint density at radius 2 is 1.89 bits per heavy atom. The second-order valence-corrected chi connectivity index (χ2v) is 5.44. The van der Waals surface area contributed by atoms with Gasteiger partial charge in [0.25, 0.3) is 0 Å². The lowest BCUT2D eigenvalue weighted by Gasteiger charge is -2.22. The summed E-state index contributed by atoms with van der Waals surface area (Å²) < 4.78 is 0. The molecule has 0 spiro atoms. The van der Waals surface area contributed by atoms with Gasteiger partial charge < -0.3 is 11.1 Å². The summed E-state index contributed by atoms with van der Waals surface area (Å²) >= 11 is 0. The maximum Gasteiger partial charge on any atom is 0.224 e. The van der Waals surface area contributed by atoms with Crippen molar-refractivity contribution in [1.29, 1.82) is 0 Å². The molecule has 3 nitrogen and oxygen atoms in total. The maximum absolute atomic E-state index is 12.3. The Labute approximate surface area is 116 Å². The van der Waals surface area contributed by atoms with Gasteiger partial charge in [-0.1, -0.05) is 51.1 Å². The van der Waals surface area contributed by atoms with Crippen molar-refractivity contribution < 1.29 is 4.79 Å². The Balaban J connectivity index is 2.67. The van der Waals surface area contributed by atoms with E-state index in [-0.39, 0.29) is 17.9 Å². The molecule has 2 atom stereocenters. The molecule has 1 aromatic rings. The fourth-order valence-corrected chi connectivity index (χ4v) is 2.28.